The van der Waals surface area contributed by atoms with Crippen LogP contribution in [0.3, 0.4) is 0 Å². The standard InChI is InChI=1S/C12H14F3NOS/c13-9-3-8(4-10(14)11(9)15)5-16-6-12(17)1-2-18-7-12/h3-4,16-17H,1-2,5-7H2. The molecule has 18 heavy (non-hydrogen) atoms. The Morgan fingerprint density at radius 2 is 1.94 bits per heavy atom. The average Bonchev–Trinajstić information content (AvgIpc) is 2.73. The van der Waals surface area contributed by atoms with E-state index in [0.29, 0.717) is 24.3 Å². The fourth-order valence-electron chi connectivity index (χ4n) is 1.89. The van der Waals surface area contributed by atoms with Crippen molar-refractivity contribution in [3.8, 4) is 0 Å². The highest BCUT2D eigenvalue weighted by atomic mass is 32.2. The lowest BCUT2D eigenvalue weighted by Gasteiger charge is -2.21. The quantitative estimate of drug-likeness (QED) is 0.826. The lowest BCUT2D eigenvalue weighted by Crippen LogP contribution is -2.40. The van der Waals surface area contributed by atoms with Gasteiger partial charge in [-0.15, -0.1) is 0 Å². The van der Waals surface area contributed by atoms with Gasteiger partial charge in [-0.25, -0.2) is 13.2 Å². The smallest absolute Gasteiger partial charge is 0.194 e. The fourth-order valence-corrected chi connectivity index (χ4v) is 3.18. The second kappa shape index (κ2) is 5.50. The summed E-state index contributed by atoms with van der Waals surface area (Å²) >= 11 is 1.67. The molecule has 1 aromatic carbocycles. The zero-order chi connectivity index (χ0) is 13.2. The van der Waals surface area contributed by atoms with Gasteiger partial charge in [0.25, 0.3) is 0 Å². The lowest BCUT2D eigenvalue weighted by molar-refractivity contribution is 0.0674. The van der Waals surface area contributed by atoms with E-state index < -0.39 is 23.1 Å². The van der Waals surface area contributed by atoms with Gasteiger partial charge in [0.15, 0.2) is 17.5 Å². The SMILES string of the molecule is OC1(CNCc2cc(F)c(F)c(F)c2)CCSC1. The Hall–Kier alpha value is -0.720. The van der Waals surface area contributed by atoms with Crippen LogP contribution in [0.1, 0.15) is 12.0 Å². The van der Waals surface area contributed by atoms with Crippen LogP contribution in [0.15, 0.2) is 12.1 Å². The number of hydrogen-bond acceptors (Lipinski definition) is 3. The summed E-state index contributed by atoms with van der Waals surface area (Å²) in [6.07, 6.45) is 0.705. The van der Waals surface area contributed by atoms with Gasteiger partial charge >= 0.3 is 0 Å². The van der Waals surface area contributed by atoms with Crippen molar-refractivity contribution in [1.82, 2.24) is 5.32 Å². The van der Waals surface area contributed by atoms with Gasteiger partial charge < -0.3 is 10.4 Å². The maximum Gasteiger partial charge on any atom is 0.194 e. The van der Waals surface area contributed by atoms with Gasteiger partial charge in [0, 0.05) is 18.8 Å². The molecule has 0 bridgehead atoms. The Bertz CT molecular complexity index is 412. The molecule has 100 valence electrons. The number of hydrogen-bond donors (Lipinski definition) is 2. The molecular weight excluding hydrogens is 263 g/mol. The van der Waals surface area contributed by atoms with Crippen LogP contribution in [0.4, 0.5) is 13.2 Å². The maximum atomic E-state index is 12.9. The first kappa shape index (κ1) is 13.7. The summed E-state index contributed by atoms with van der Waals surface area (Å²) in [5, 5.41) is 13.0. The third-order valence-corrected chi connectivity index (χ3v) is 4.14. The van der Waals surface area contributed by atoms with Crippen LogP contribution in [0.2, 0.25) is 0 Å². The van der Waals surface area contributed by atoms with E-state index in [4.69, 9.17) is 0 Å². The van der Waals surface area contributed by atoms with Crippen LogP contribution in [-0.2, 0) is 6.54 Å². The summed E-state index contributed by atoms with van der Waals surface area (Å²) in [7, 11) is 0. The first-order valence-corrected chi connectivity index (χ1v) is 6.80. The molecule has 1 atom stereocenters. The third kappa shape index (κ3) is 3.18. The van der Waals surface area contributed by atoms with Gasteiger partial charge in [-0.3, -0.25) is 0 Å². The van der Waals surface area contributed by atoms with E-state index in [-0.39, 0.29) is 6.54 Å². The molecular formula is C12H14F3NOS. The molecule has 2 rings (SSSR count). The molecule has 0 amide bonds. The van der Waals surface area contributed by atoms with E-state index in [1.165, 1.54) is 0 Å². The van der Waals surface area contributed by atoms with Crippen molar-refractivity contribution in [3.63, 3.8) is 0 Å². The molecule has 1 aromatic rings. The summed E-state index contributed by atoms with van der Waals surface area (Å²) in [6.45, 7) is 0.557. The van der Waals surface area contributed by atoms with Crippen LogP contribution < -0.4 is 5.32 Å². The molecule has 0 saturated carbocycles. The largest absolute Gasteiger partial charge is 0.388 e. The summed E-state index contributed by atoms with van der Waals surface area (Å²) in [4.78, 5) is 0. The van der Waals surface area contributed by atoms with Crippen molar-refractivity contribution in [1.29, 1.82) is 0 Å². The Morgan fingerprint density at radius 3 is 2.50 bits per heavy atom. The van der Waals surface area contributed by atoms with Crippen LogP contribution in [0.25, 0.3) is 0 Å². The molecule has 6 heteroatoms. The van der Waals surface area contributed by atoms with Gasteiger partial charge in [-0.2, -0.15) is 11.8 Å². The predicted octanol–water partition coefficient (Wildman–Crippen LogP) is 2.06. The fraction of sp³-hybridized carbons (Fsp3) is 0.500. The highest BCUT2D eigenvalue weighted by Crippen LogP contribution is 2.27. The average molecular weight is 277 g/mol. The first-order chi connectivity index (χ1) is 8.50. The van der Waals surface area contributed by atoms with Crippen LogP contribution in [-0.4, -0.2) is 28.8 Å². The monoisotopic (exact) mass is 277 g/mol. The Labute approximate surface area is 108 Å². The normalized spacial score (nSPS) is 23.6. The van der Waals surface area contributed by atoms with Gasteiger partial charge in [0.2, 0.25) is 0 Å². The molecule has 0 aromatic heterocycles. The number of benzene rings is 1. The van der Waals surface area contributed by atoms with Crippen molar-refractivity contribution in [2.45, 2.75) is 18.6 Å². The van der Waals surface area contributed by atoms with Crippen molar-refractivity contribution in [3.05, 3.63) is 35.1 Å². The number of nitrogens with one attached hydrogen (secondary N) is 1. The van der Waals surface area contributed by atoms with E-state index in [1.807, 2.05) is 0 Å². The molecule has 1 unspecified atom stereocenters. The molecule has 0 aliphatic carbocycles. The van der Waals surface area contributed by atoms with E-state index in [1.54, 1.807) is 11.8 Å². The van der Waals surface area contributed by atoms with Crippen LogP contribution >= 0.6 is 11.8 Å². The van der Waals surface area contributed by atoms with Gasteiger partial charge in [-0.1, -0.05) is 0 Å². The van der Waals surface area contributed by atoms with E-state index in [0.717, 1.165) is 17.9 Å². The maximum absolute atomic E-state index is 12.9. The highest BCUT2D eigenvalue weighted by molar-refractivity contribution is 7.99. The number of aliphatic hydroxyl groups is 1. The third-order valence-electron chi connectivity index (χ3n) is 2.91. The first-order valence-electron chi connectivity index (χ1n) is 5.64. The lowest BCUT2D eigenvalue weighted by atomic mass is 10.0. The Kier molecular flexibility index (Phi) is 4.19. The summed E-state index contributed by atoms with van der Waals surface area (Å²) in [5.41, 5.74) is -0.428. The molecule has 2 nitrogen and oxygen atoms in total. The van der Waals surface area contributed by atoms with Crippen molar-refractivity contribution < 1.29 is 18.3 Å². The molecule has 1 aliphatic heterocycles. The minimum Gasteiger partial charge on any atom is -0.388 e. The topological polar surface area (TPSA) is 32.3 Å². The number of halogens is 3. The highest BCUT2D eigenvalue weighted by Gasteiger charge is 2.30. The summed E-state index contributed by atoms with van der Waals surface area (Å²) in [6, 6.07) is 1.91. The molecule has 0 spiro atoms. The van der Waals surface area contributed by atoms with Gasteiger partial charge in [0.05, 0.1) is 5.60 Å². The second-order valence-corrected chi connectivity index (χ2v) is 5.61. The van der Waals surface area contributed by atoms with E-state index >= 15 is 0 Å². The van der Waals surface area contributed by atoms with Crippen LogP contribution in [0, 0.1) is 17.5 Å². The number of rotatable bonds is 4. The van der Waals surface area contributed by atoms with Gasteiger partial charge in [-0.05, 0) is 29.9 Å². The predicted molar refractivity (Wildman–Crippen MR) is 64.9 cm³/mol. The summed E-state index contributed by atoms with van der Waals surface area (Å²) < 4.78 is 38.6. The minimum absolute atomic E-state index is 0.196. The van der Waals surface area contributed by atoms with Gasteiger partial charge in [0.1, 0.15) is 0 Å². The molecule has 1 fully saturated rings. The summed E-state index contributed by atoms with van der Waals surface area (Å²) in [5.74, 6) is -2.27. The second-order valence-electron chi connectivity index (χ2n) is 4.50. The number of thioether (sulfide) groups is 1. The van der Waals surface area contributed by atoms with E-state index in [2.05, 4.69) is 5.32 Å². The molecule has 1 saturated heterocycles. The molecule has 1 aliphatic rings. The Morgan fingerprint density at radius 1 is 1.28 bits per heavy atom. The van der Waals surface area contributed by atoms with Crippen LogP contribution in [0.5, 0.6) is 0 Å². The Balaban J connectivity index is 1.90. The van der Waals surface area contributed by atoms with Crippen molar-refractivity contribution in [2.75, 3.05) is 18.1 Å². The zero-order valence-corrected chi connectivity index (χ0v) is 10.5. The van der Waals surface area contributed by atoms with Crippen molar-refractivity contribution in [2.24, 2.45) is 0 Å². The van der Waals surface area contributed by atoms with E-state index in [9.17, 15) is 18.3 Å². The molecule has 0 radical (unpaired) electrons. The zero-order valence-electron chi connectivity index (χ0n) is 9.68. The molecule has 1 heterocycles. The molecule has 2 N–H and O–H groups in total. The van der Waals surface area contributed by atoms with Crippen molar-refractivity contribution >= 4 is 11.8 Å². The minimum atomic E-state index is -1.45.